The fourth-order valence-electron chi connectivity index (χ4n) is 2.34. The summed E-state index contributed by atoms with van der Waals surface area (Å²) in [5.41, 5.74) is 0.730. The topological polar surface area (TPSA) is 130 Å². The second-order valence-corrected chi connectivity index (χ2v) is 7.06. The third kappa shape index (κ3) is 6.28. The Morgan fingerprint density at radius 1 is 0.967 bits per heavy atom. The van der Waals surface area contributed by atoms with Gasteiger partial charge in [-0.15, -0.1) is 0 Å². The second kappa shape index (κ2) is 10.4. The number of nitro benzene ring substituents is 1. The van der Waals surface area contributed by atoms with Crippen molar-refractivity contribution in [1.29, 1.82) is 0 Å². The first-order chi connectivity index (χ1) is 14.2. The van der Waals surface area contributed by atoms with Gasteiger partial charge in [-0.05, 0) is 36.4 Å². The highest BCUT2D eigenvalue weighted by molar-refractivity contribution is 6.32. The number of nitro groups is 1. The maximum absolute atomic E-state index is 12.2. The summed E-state index contributed by atoms with van der Waals surface area (Å²) in [5.74, 6) is -1.13. The van der Waals surface area contributed by atoms with Crippen molar-refractivity contribution in [2.45, 2.75) is 13.8 Å². The molecule has 0 aliphatic rings. The van der Waals surface area contributed by atoms with Gasteiger partial charge in [-0.1, -0.05) is 25.4 Å². The Hall–Kier alpha value is -3.46. The van der Waals surface area contributed by atoms with Crippen LogP contribution in [-0.2, 0) is 4.79 Å². The summed E-state index contributed by atoms with van der Waals surface area (Å²) < 4.78 is 0. The predicted octanol–water partition coefficient (Wildman–Crippen LogP) is 3.00. The number of nitrogens with one attached hydrogen (secondary N) is 3. The number of hydrogen-bond acceptors (Lipinski definition) is 5. The Bertz CT molecular complexity index is 960. The minimum Gasteiger partial charge on any atom is -0.350 e. The molecule has 0 unspecified atom stereocenters. The summed E-state index contributed by atoms with van der Waals surface area (Å²) in [5, 5.41) is 18.8. The number of nitrogens with zero attached hydrogens (tertiary/aromatic N) is 1. The molecule has 10 heteroatoms. The molecule has 0 aliphatic carbocycles. The molecule has 0 aromatic heterocycles. The average molecular weight is 433 g/mol. The quantitative estimate of drug-likeness (QED) is 0.335. The van der Waals surface area contributed by atoms with Crippen LogP contribution in [0.15, 0.2) is 42.5 Å². The Morgan fingerprint density at radius 2 is 1.50 bits per heavy atom. The highest BCUT2D eigenvalue weighted by atomic mass is 35.5. The van der Waals surface area contributed by atoms with Gasteiger partial charge < -0.3 is 16.0 Å². The van der Waals surface area contributed by atoms with Gasteiger partial charge >= 0.3 is 0 Å². The Kier molecular flexibility index (Phi) is 7.88. The molecule has 2 rings (SSSR count). The van der Waals surface area contributed by atoms with E-state index in [2.05, 4.69) is 16.0 Å². The summed E-state index contributed by atoms with van der Waals surface area (Å²) in [7, 11) is 0. The number of carbonyl (C=O) groups is 3. The maximum atomic E-state index is 12.2. The zero-order valence-electron chi connectivity index (χ0n) is 16.4. The van der Waals surface area contributed by atoms with Crippen LogP contribution in [0.3, 0.4) is 0 Å². The molecule has 3 N–H and O–H groups in total. The van der Waals surface area contributed by atoms with Crippen LogP contribution in [0, 0.1) is 16.0 Å². The van der Waals surface area contributed by atoms with E-state index >= 15 is 0 Å². The van der Waals surface area contributed by atoms with Crippen LogP contribution in [0.1, 0.15) is 34.6 Å². The van der Waals surface area contributed by atoms with Crippen molar-refractivity contribution in [3.8, 4) is 0 Å². The molecule has 30 heavy (non-hydrogen) atoms. The van der Waals surface area contributed by atoms with Gasteiger partial charge in [0, 0.05) is 41.9 Å². The fourth-order valence-corrected chi connectivity index (χ4v) is 2.53. The first-order valence-electron chi connectivity index (χ1n) is 9.10. The van der Waals surface area contributed by atoms with E-state index in [9.17, 15) is 24.5 Å². The van der Waals surface area contributed by atoms with Gasteiger partial charge in [0.05, 0.1) is 4.92 Å². The summed E-state index contributed by atoms with van der Waals surface area (Å²) in [4.78, 5) is 46.1. The van der Waals surface area contributed by atoms with Crippen LogP contribution in [-0.4, -0.2) is 35.7 Å². The molecule has 0 spiro atoms. The van der Waals surface area contributed by atoms with Gasteiger partial charge in [0.1, 0.15) is 5.02 Å². The molecular weight excluding hydrogens is 412 g/mol. The van der Waals surface area contributed by atoms with Gasteiger partial charge in [-0.3, -0.25) is 24.5 Å². The Labute approximate surface area is 177 Å². The van der Waals surface area contributed by atoms with E-state index in [4.69, 9.17) is 11.6 Å². The lowest BCUT2D eigenvalue weighted by Gasteiger charge is -2.09. The molecular formula is C20H21ClN4O5. The van der Waals surface area contributed by atoms with Crippen molar-refractivity contribution in [2.24, 2.45) is 5.92 Å². The van der Waals surface area contributed by atoms with Crippen molar-refractivity contribution in [1.82, 2.24) is 10.6 Å². The lowest BCUT2D eigenvalue weighted by molar-refractivity contribution is -0.384. The van der Waals surface area contributed by atoms with Crippen LogP contribution in [0.4, 0.5) is 11.4 Å². The van der Waals surface area contributed by atoms with Gasteiger partial charge in [0.2, 0.25) is 5.91 Å². The number of rotatable bonds is 8. The second-order valence-electron chi connectivity index (χ2n) is 6.66. The predicted molar refractivity (Wildman–Crippen MR) is 113 cm³/mol. The van der Waals surface area contributed by atoms with Crippen LogP contribution in [0.5, 0.6) is 0 Å². The first-order valence-corrected chi connectivity index (χ1v) is 9.48. The van der Waals surface area contributed by atoms with Gasteiger partial charge in [0.25, 0.3) is 17.5 Å². The molecule has 0 bridgehead atoms. The van der Waals surface area contributed by atoms with Crippen molar-refractivity contribution in [3.05, 3.63) is 68.7 Å². The summed E-state index contributed by atoms with van der Waals surface area (Å²) in [6, 6.07) is 10.2. The molecule has 0 heterocycles. The average Bonchev–Trinajstić information content (AvgIpc) is 2.71. The monoisotopic (exact) mass is 432 g/mol. The van der Waals surface area contributed by atoms with E-state index in [0.29, 0.717) is 11.3 Å². The standard InChI is InChI=1S/C20H21ClN4O5/c1-12(2)18(26)24-15-6-3-13(4-7-15)19(27)22-9-10-23-20(28)14-5-8-16(21)17(11-14)25(29)30/h3-8,11-12H,9-10H2,1-2H3,(H,22,27)(H,23,28)(H,24,26). The highest BCUT2D eigenvalue weighted by Gasteiger charge is 2.16. The normalized spacial score (nSPS) is 10.4. The molecule has 2 aromatic carbocycles. The third-order valence-electron chi connectivity index (χ3n) is 4.04. The lowest BCUT2D eigenvalue weighted by Crippen LogP contribution is -2.34. The number of carbonyl (C=O) groups excluding carboxylic acids is 3. The lowest BCUT2D eigenvalue weighted by atomic mass is 10.1. The number of anilines is 1. The van der Waals surface area contributed by atoms with Crippen molar-refractivity contribution in [3.63, 3.8) is 0 Å². The Morgan fingerprint density at radius 3 is 2.03 bits per heavy atom. The minimum absolute atomic E-state index is 0.0568. The van der Waals surface area contributed by atoms with E-state index in [-0.39, 0.29) is 47.1 Å². The number of halogens is 1. The first kappa shape index (κ1) is 22.8. The van der Waals surface area contributed by atoms with Gasteiger partial charge in [-0.2, -0.15) is 0 Å². The van der Waals surface area contributed by atoms with Crippen molar-refractivity contribution >= 4 is 40.7 Å². The SMILES string of the molecule is CC(C)C(=O)Nc1ccc(C(=O)NCCNC(=O)c2ccc(Cl)c([N+](=O)[O-])c2)cc1. The largest absolute Gasteiger partial charge is 0.350 e. The van der Waals surface area contributed by atoms with Gasteiger partial charge in [0.15, 0.2) is 0 Å². The number of amides is 3. The third-order valence-corrected chi connectivity index (χ3v) is 4.36. The Balaban J connectivity index is 1.82. The molecule has 0 saturated heterocycles. The number of benzene rings is 2. The molecule has 0 atom stereocenters. The molecule has 158 valence electrons. The van der Waals surface area contributed by atoms with E-state index in [1.165, 1.54) is 12.1 Å². The summed E-state index contributed by atoms with van der Waals surface area (Å²) in [6.07, 6.45) is 0. The van der Waals surface area contributed by atoms with Crippen LogP contribution in [0.2, 0.25) is 5.02 Å². The summed E-state index contributed by atoms with van der Waals surface area (Å²) >= 11 is 5.72. The summed E-state index contributed by atoms with van der Waals surface area (Å²) in [6.45, 7) is 3.85. The molecule has 0 fully saturated rings. The van der Waals surface area contributed by atoms with E-state index in [1.54, 1.807) is 38.1 Å². The van der Waals surface area contributed by atoms with Crippen molar-refractivity contribution in [2.75, 3.05) is 18.4 Å². The van der Waals surface area contributed by atoms with Crippen LogP contribution >= 0.6 is 11.6 Å². The van der Waals surface area contributed by atoms with E-state index in [0.717, 1.165) is 6.07 Å². The van der Waals surface area contributed by atoms with Gasteiger partial charge in [-0.25, -0.2) is 0 Å². The molecule has 3 amide bonds. The van der Waals surface area contributed by atoms with E-state index in [1.807, 2.05) is 0 Å². The molecule has 0 radical (unpaired) electrons. The van der Waals surface area contributed by atoms with Crippen molar-refractivity contribution < 1.29 is 19.3 Å². The zero-order chi connectivity index (χ0) is 22.3. The molecule has 0 aliphatic heterocycles. The minimum atomic E-state index is -0.668. The smallest absolute Gasteiger partial charge is 0.288 e. The maximum Gasteiger partial charge on any atom is 0.288 e. The zero-order valence-corrected chi connectivity index (χ0v) is 17.2. The highest BCUT2D eigenvalue weighted by Crippen LogP contribution is 2.24. The van der Waals surface area contributed by atoms with Crippen LogP contribution < -0.4 is 16.0 Å². The molecule has 2 aromatic rings. The number of hydrogen-bond donors (Lipinski definition) is 3. The molecule has 0 saturated carbocycles. The fraction of sp³-hybridized carbons (Fsp3) is 0.250. The van der Waals surface area contributed by atoms with Crippen LogP contribution in [0.25, 0.3) is 0 Å². The van der Waals surface area contributed by atoms with E-state index < -0.39 is 10.8 Å². The molecule has 9 nitrogen and oxygen atoms in total.